The first-order valence-corrected chi connectivity index (χ1v) is 10.4. The first-order valence-electron chi connectivity index (χ1n) is 10.4. The van der Waals surface area contributed by atoms with Crippen molar-refractivity contribution in [3.63, 3.8) is 0 Å². The molecular formula is C22H23FN6O2. The van der Waals surface area contributed by atoms with Crippen molar-refractivity contribution in [1.29, 1.82) is 0 Å². The highest BCUT2D eigenvalue weighted by atomic mass is 19.1. The van der Waals surface area contributed by atoms with Crippen LogP contribution in [0.15, 0.2) is 42.9 Å². The molecule has 4 heterocycles. The maximum absolute atomic E-state index is 13.8. The average Bonchev–Trinajstić information content (AvgIpc) is 3.48. The average molecular weight is 422 g/mol. The van der Waals surface area contributed by atoms with Gasteiger partial charge in [-0.15, -0.1) is 0 Å². The monoisotopic (exact) mass is 422 g/mol. The van der Waals surface area contributed by atoms with Crippen molar-refractivity contribution in [2.45, 2.75) is 31.8 Å². The molecule has 1 amide bonds. The van der Waals surface area contributed by atoms with Gasteiger partial charge in [0.05, 0.1) is 18.8 Å². The largest absolute Gasteiger partial charge is 0.379 e. The zero-order chi connectivity index (χ0) is 21.5. The van der Waals surface area contributed by atoms with Gasteiger partial charge < -0.3 is 14.5 Å². The molecule has 1 aromatic carbocycles. The normalized spacial score (nSPS) is 20.9. The van der Waals surface area contributed by atoms with Crippen LogP contribution in [0.5, 0.6) is 0 Å². The molecule has 31 heavy (non-hydrogen) atoms. The van der Waals surface area contributed by atoms with Gasteiger partial charge in [0.2, 0.25) is 11.9 Å². The first kappa shape index (κ1) is 19.6. The summed E-state index contributed by atoms with van der Waals surface area (Å²) < 4.78 is 21.1. The number of amides is 1. The summed E-state index contributed by atoms with van der Waals surface area (Å²) in [6.07, 6.45) is 6.56. The van der Waals surface area contributed by atoms with E-state index in [1.54, 1.807) is 47.2 Å². The number of imidazole rings is 1. The lowest BCUT2D eigenvalue weighted by atomic mass is 10.0. The van der Waals surface area contributed by atoms with Crippen LogP contribution in [0.1, 0.15) is 19.8 Å². The van der Waals surface area contributed by atoms with E-state index in [0.29, 0.717) is 48.5 Å². The van der Waals surface area contributed by atoms with Gasteiger partial charge in [-0.3, -0.25) is 9.36 Å². The fraction of sp³-hybridized carbons (Fsp3) is 0.364. The van der Waals surface area contributed by atoms with Gasteiger partial charge in [0.1, 0.15) is 23.4 Å². The predicted molar refractivity (Wildman–Crippen MR) is 114 cm³/mol. The number of benzene rings is 1. The van der Waals surface area contributed by atoms with Gasteiger partial charge in [0.15, 0.2) is 5.82 Å². The van der Waals surface area contributed by atoms with Crippen molar-refractivity contribution in [1.82, 2.24) is 19.5 Å². The molecule has 5 rings (SSSR count). The number of anilines is 2. The molecule has 0 N–H and O–H groups in total. The van der Waals surface area contributed by atoms with E-state index in [9.17, 15) is 9.18 Å². The second-order valence-electron chi connectivity index (χ2n) is 7.76. The number of hydrogen-bond acceptors (Lipinski definition) is 6. The first-order chi connectivity index (χ1) is 15.1. The smallest absolute Gasteiger partial charge is 0.249 e. The second kappa shape index (κ2) is 7.73. The third kappa shape index (κ3) is 3.25. The summed E-state index contributed by atoms with van der Waals surface area (Å²) in [5.74, 6) is 1.35. The summed E-state index contributed by atoms with van der Waals surface area (Å²) in [6, 6.07) is 6.03. The minimum absolute atomic E-state index is 0.0290. The summed E-state index contributed by atoms with van der Waals surface area (Å²) in [6.45, 7) is 3.23. The topological polar surface area (TPSA) is 76.4 Å². The predicted octanol–water partition coefficient (Wildman–Crippen LogP) is 2.82. The Bertz CT molecular complexity index is 1130. The van der Waals surface area contributed by atoms with E-state index in [1.165, 1.54) is 12.1 Å². The Kier molecular flexibility index (Phi) is 4.90. The standard InChI is InChI=1S/C22H23FN6O2/c1-3-17-21(30)27(2)18-12-25-22(26-20(18)29(17)16-7-10-31-13-16)28-9-8-24-19(28)14-5-4-6-15(23)11-14/h4-6,8-9,11-12,16-17H,3,7,10,13H2,1-2H3/t16-,17-/m1/s1. The number of hydrogen-bond donors (Lipinski definition) is 0. The maximum atomic E-state index is 13.8. The van der Waals surface area contributed by atoms with Crippen LogP contribution >= 0.6 is 0 Å². The van der Waals surface area contributed by atoms with Crippen LogP contribution in [-0.2, 0) is 9.53 Å². The highest BCUT2D eigenvalue weighted by Gasteiger charge is 2.41. The Morgan fingerprint density at radius 1 is 1.29 bits per heavy atom. The SMILES string of the molecule is CC[C@@H]1C(=O)N(C)c2cnc(-n3ccnc3-c3cccc(F)c3)nc2N1[C@@H]1CCOC1. The molecular weight excluding hydrogens is 399 g/mol. The van der Waals surface area contributed by atoms with Gasteiger partial charge in [0, 0.05) is 31.6 Å². The van der Waals surface area contributed by atoms with Crippen molar-refractivity contribution in [2.75, 3.05) is 30.1 Å². The third-order valence-electron chi connectivity index (χ3n) is 5.92. The minimum Gasteiger partial charge on any atom is -0.379 e. The van der Waals surface area contributed by atoms with E-state index in [2.05, 4.69) is 14.9 Å². The van der Waals surface area contributed by atoms with E-state index in [-0.39, 0.29) is 23.8 Å². The van der Waals surface area contributed by atoms with Gasteiger partial charge >= 0.3 is 0 Å². The third-order valence-corrected chi connectivity index (χ3v) is 5.92. The van der Waals surface area contributed by atoms with Crippen molar-refractivity contribution in [3.8, 4) is 17.3 Å². The number of ether oxygens (including phenoxy) is 1. The van der Waals surface area contributed by atoms with E-state index in [4.69, 9.17) is 9.72 Å². The molecule has 0 aliphatic carbocycles. The molecule has 0 spiro atoms. The van der Waals surface area contributed by atoms with Gasteiger partial charge in [0.25, 0.3) is 0 Å². The fourth-order valence-electron chi connectivity index (χ4n) is 4.36. The van der Waals surface area contributed by atoms with Gasteiger partial charge in [-0.2, -0.15) is 4.98 Å². The molecule has 2 atom stereocenters. The molecule has 8 nitrogen and oxygen atoms in total. The highest BCUT2D eigenvalue weighted by Crippen LogP contribution is 2.37. The molecule has 3 aromatic rings. The Labute approximate surface area is 179 Å². The zero-order valence-electron chi connectivity index (χ0n) is 17.4. The molecule has 2 aliphatic rings. The number of aromatic nitrogens is 4. The maximum Gasteiger partial charge on any atom is 0.249 e. The fourth-order valence-corrected chi connectivity index (χ4v) is 4.36. The van der Waals surface area contributed by atoms with Crippen molar-refractivity contribution in [2.24, 2.45) is 0 Å². The zero-order valence-corrected chi connectivity index (χ0v) is 17.4. The van der Waals surface area contributed by atoms with Crippen LogP contribution in [-0.4, -0.2) is 57.8 Å². The van der Waals surface area contributed by atoms with Gasteiger partial charge in [-0.25, -0.2) is 14.4 Å². The number of carbonyl (C=O) groups excluding carboxylic acids is 1. The summed E-state index contributed by atoms with van der Waals surface area (Å²) in [5.41, 5.74) is 1.30. The Balaban J connectivity index is 1.63. The van der Waals surface area contributed by atoms with E-state index in [0.717, 1.165) is 6.42 Å². The van der Waals surface area contributed by atoms with Crippen LogP contribution in [0.4, 0.5) is 15.9 Å². The number of carbonyl (C=O) groups is 1. The van der Waals surface area contributed by atoms with E-state index >= 15 is 0 Å². The molecule has 9 heteroatoms. The van der Waals surface area contributed by atoms with Crippen molar-refractivity contribution in [3.05, 3.63) is 48.7 Å². The molecule has 0 saturated carbocycles. The lowest BCUT2D eigenvalue weighted by Crippen LogP contribution is -2.56. The molecule has 1 saturated heterocycles. The second-order valence-corrected chi connectivity index (χ2v) is 7.76. The Morgan fingerprint density at radius 2 is 2.16 bits per heavy atom. The molecule has 2 aliphatic heterocycles. The summed E-state index contributed by atoms with van der Waals surface area (Å²) in [5, 5.41) is 0. The molecule has 2 aromatic heterocycles. The van der Waals surface area contributed by atoms with E-state index in [1.807, 2.05) is 6.92 Å². The molecule has 0 bridgehead atoms. The quantitative estimate of drug-likeness (QED) is 0.644. The summed E-state index contributed by atoms with van der Waals surface area (Å²) >= 11 is 0. The van der Waals surface area contributed by atoms with Crippen molar-refractivity contribution < 1.29 is 13.9 Å². The van der Waals surface area contributed by atoms with Crippen LogP contribution < -0.4 is 9.80 Å². The lowest BCUT2D eigenvalue weighted by molar-refractivity contribution is -0.120. The molecule has 0 unspecified atom stereocenters. The Hall–Kier alpha value is -3.33. The molecule has 0 radical (unpaired) electrons. The number of fused-ring (bicyclic) bond motifs is 1. The van der Waals surface area contributed by atoms with E-state index < -0.39 is 0 Å². The number of rotatable bonds is 4. The number of nitrogens with zero attached hydrogens (tertiary/aromatic N) is 6. The van der Waals surface area contributed by atoms with Crippen LogP contribution in [0.3, 0.4) is 0 Å². The molecule has 160 valence electrons. The summed E-state index contributed by atoms with van der Waals surface area (Å²) in [7, 11) is 1.75. The lowest BCUT2D eigenvalue weighted by Gasteiger charge is -2.43. The minimum atomic E-state index is -0.336. The van der Waals surface area contributed by atoms with Crippen LogP contribution in [0, 0.1) is 5.82 Å². The number of likely N-dealkylation sites (N-methyl/N-ethyl adjacent to an activating group) is 1. The summed E-state index contributed by atoms with van der Waals surface area (Å²) in [4.78, 5) is 30.5. The Morgan fingerprint density at radius 3 is 2.90 bits per heavy atom. The highest BCUT2D eigenvalue weighted by molar-refractivity contribution is 6.04. The van der Waals surface area contributed by atoms with Gasteiger partial charge in [-0.05, 0) is 25.0 Å². The number of halogens is 1. The molecule has 1 fully saturated rings. The van der Waals surface area contributed by atoms with Crippen molar-refractivity contribution >= 4 is 17.4 Å². The van der Waals surface area contributed by atoms with Crippen LogP contribution in [0.2, 0.25) is 0 Å². The van der Waals surface area contributed by atoms with Crippen LogP contribution in [0.25, 0.3) is 17.3 Å². The van der Waals surface area contributed by atoms with Gasteiger partial charge in [-0.1, -0.05) is 19.1 Å².